The highest BCUT2D eigenvalue weighted by molar-refractivity contribution is 5.96. The molecular formula is C16H26N6O10. The maximum Gasteiger partial charge on any atom is 0.326 e. The van der Waals surface area contributed by atoms with Crippen LogP contribution in [-0.4, -0.2) is 87.6 Å². The molecule has 0 aliphatic carbocycles. The van der Waals surface area contributed by atoms with Crippen LogP contribution in [0.2, 0.25) is 0 Å². The molecule has 4 atom stereocenters. The Bertz CT molecular complexity index is 758. The molecule has 0 aromatic carbocycles. The lowest BCUT2D eigenvalue weighted by molar-refractivity contribution is -0.143. The fourth-order valence-electron chi connectivity index (χ4n) is 2.25. The molecule has 0 spiro atoms. The molecule has 4 unspecified atom stereocenters. The lowest BCUT2D eigenvalue weighted by Gasteiger charge is -2.23. The maximum atomic E-state index is 12.4. The first kappa shape index (κ1) is 28.2. The number of carbonyl (C=O) groups is 7. The second kappa shape index (κ2) is 13.5. The molecule has 0 aliphatic heterocycles. The summed E-state index contributed by atoms with van der Waals surface area (Å²) >= 11 is 0. The van der Waals surface area contributed by atoms with Gasteiger partial charge in [-0.05, 0) is 6.42 Å². The third-order valence-electron chi connectivity index (χ3n) is 3.88. The molecule has 0 saturated heterocycles. The van der Waals surface area contributed by atoms with E-state index in [0.29, 0.717) is 0 Å². The predicted octanol–water partition coefficient (Wildman–Crippen LogP) is -5.54. The fourth-order valence-corrected chi connectivity index (χ4v) is 2.25. The van der Waals surface area contributed by atoms with Gasteiger partial charge in [0, 0.05) is 6.42 Å². The van der Waals surface area contributed by atoms with Crippen molar-refractivity contribution in [3.8, 4) is 0 Å². The quantitative estimate of drug-likeness (QED) is 0.110. The summed E-state index contributed by atoms with van der Waals surface area (Å²) in [6.45, 7) is -1.02. The van der Waals surface area contributed by atoms with E-state index in [1.54, 1.807) is 0 Å². The van der Waals surface area contributed by atoms with Crippen LogP contribution in [0.15, 0.2) is 0 Å². The molecule has 0 bridgehead atoms. The van der Waals surface area contributed by atoms with Gasteiger partial charge in [0.25, 0.3) is 0 Å². The van der Waals surface area contributed by atoms with Crippen LogP contribution in [0.3, 0.4) is 0 Å². The Morgan fingerprint density at radius 1 is 0.719 bits per heavy atom. The number of primary amides is 2. The SMILES string of the molecule is NC(=O)CCC(NC(=O)C(CO)NC(=O)C(CC(=O)O)NC(=O)C(N)CC(N)=O)C(=O)O. The van der Waals surface area contributed by atoms with Crippen molar-refractivity contribution in [2.24, 2.45) is 17.2 Å². The topological polar surface area (TPSA) is 294 Å². The average Bonchev–Trinajstić information content (AvgIpc) is 2.66. The number of carboxylic acids is 2. The van der Waals surface area contributed by atoms with Crippen LogP contribution in [0.5, 0.6) is 0 Å². The van der Waals surface area contributed by atoms with Crippen molar-refractivity contribution in [3.63, 3.8) is 0 Å². The van der Waals surface area contributed by atoms with Gasteiger partial charge in [-0.2, -0.15) is 0 Å². The molecule has 0 rings (SSSR count). The van der Waals surface area contributed by atoms with Crippen molar-refractivity contribution in [1.82, 2.24) is 16.0 Å². The highest BCUT2D eigenvalue weighted by Crippen LogP contribution is 2.01. The third-order valence-corrected chi connectivity index (χ3v) is 3.88. The van der Waals surface area contributed by atoms with E-state index in [-0.39, 0.29) is 12.8 Å². The second-order valence-electron chi connectivity index (χ2n) is 6.58. The third kappa shape index (κ3) is 10.8. The Morgan fingerprint density at radius 2 is 1.22 bits per heavy atom. The Balaban J connectivity index is 5.27. The van der Waals surface area contributed by atoms with Crippen LogP contribution in [0.25, 0.3) is 0 Å². The van der Waals surface area contributed by atoms with Crippen molar-refractivity contribution in [2.45, 2.75) is 49.9 Å². The van der Waals surface area contributed by atoms with Crippen LogP contribution in [0.4, 0.5) is 0 Å². The van der Waals surface area contributed by atoms with E-state index in [1.165, 1.54) is 0 Å². The normalized spacial score (nSPS) is 14.2. The minimum atomic E-state index is -1.76. The Labute approximate surface area is 180 Å². The monoisotopic (exact) mass is 462 g/mol. The number of carboxylic acid groups (broad SMARTS) is 2. The maximum absolute atomic E-state index is 12.4. The molecule has 32 heavy (non-hydrogen) atoms. The van der Waals surface area contributed by atoms with Gasteiger partial charge in [-0.15, -0.1) is 0 Å². The van der Waals surface area contributed by atoms with Gasteiger partial charge < -0.3 is 48.5 Å². The predicted molar refractivity (Wildman–Crippen MR) is 103 cm³/mol. The number of carbonyl (C=O) groups excluding carboxylic acids is 5. The van der Waals surface area contributed by atoms with Crippen LogP contribution < -0.4 is 33.2 Å². The largest absolute Gasteiger partial charge is 0.481 e. The first-order valence-corrected chi connectivity index (χ1v) is 9.07. The van der Waals surface area contributed by atoms with E-state index >= 15 is 0 Å². The number of aliphatic hydroxyl groups is 1. The van der Waals surface area contributed by atoms with Crippen molar-refractivity contribution < 1.29 is 48.9 Å². The highest BCUT2D eigenvalue weighted by atomic mass is 16.4. The zero-order valence-electron chi connectivity index (χ0n) is 16.8. The molecule has 0 heterocycles. The summed E-state index contributed by atoms with van der Waals surface area (Å²) in [4.78, 5) is 80.4. The zero-order chi connectivity index (χ0) is 25.0. The number of hydrogen-bond acceptors (Lipinski definition) is 9. The summed E-state index contributed by atoms with van der Waals surface area (Å²) in [5.74, 6) is -8.23. The number of aliphatic hydroxyl groups excluding tert-OH is 1. The van der Waals surface area contributed by atoms with Crippen LogP contribution in [0, 0.1) is 0 Å². The standard InChI is InChI=1S/C16H26N6O10/c17-6(3-11(19)25)13(28)21-8(4-12(26)27)14(29)22-9(5-23)15(30)20-7(16(31)32)1-2-10(18)24/h6-9,23H,1-5,17H2,(H2,18,24)(H2,19,25)(H,20,30)(H,21,28)(H,22,29)(H,26,27)(H,31,32). The molecule has 180 valence electrons. The van der Waals surface area contributed by atoms with E-state index in [0.717, 1.165) is 0 Å². The molecule has 0 fully saturated rings. The van der Waals surface area contributed by atoms with Crippen molar-refractivity contribution >= 4 is 41.5 Å². The number of aliphatic carboxylic acids is 2. The average molecular weight is 462 g/mol. The Kier molecular flexibility index (Phi) is 11.9. The number of amides is 5. The first-order valence-electron chi connectivity index (χ1n) is 9.07. The molecule has 16 heteroatoms. The van der Waals surface area contributed by atoms with Crippen molar-refractivity contribution in [2.75, 3.05) is 6.61 Å². The van der Waals surface area contributed by atoms with E-state index < -0.39 is 85.1 Å². The van der Waals surface area contributed by atoms with Gasteiger partial charge >= 0.3 is 11.9 Å². The minimum absolute atomic E-state index is 0.363. The fraction of sp³-hybridized carbons (Fsp3) is 0.562. The smallest absolute Gasteiger partial charge is 0.326 e. The van der Waals surface area contributed by atoms with E-state index in [9.17, 15) is 38.7 Å². The van der Waals surface area contributed by atoms with Crippen LogP contribution in [-0.2, 0) is 33.6 Å². The van der Waals surface area contributed by atoms with Gasteiger partial charge in [-0.25, -0.2) is 4.79 Å². The van der Waals surface area contributed by atoms with Gasteiger partial charge in [0.1, 0.15) is 18.1 Å². The van der Waals surface area contributed by atoms with Gasteiger partial charge in [-0.1, -0.05) is 0 Å². The van der Waals surface area contributed by atoms with Crippen molar-refractivity contribution in [3.05, 3.63) is 0 Å². The number of nitrogens with two attached hydrogens (primary N) is 3. The van der Waals surface area contributed by atoms with Gasteiger partial charge in [-0.3, -0.25) is 28.8 Å². The molecule has 16 nitrogen and oxygen atoms in total. The van der Waals surface area contributed by atoms with Gasteiger partial charge in [0.05, 0.1) is 25.5 Å². The van der Waals surface area contributed by atoms with Crippen molar-refractivity contribution in [1.29, 1.82) is 0 Å². The Hall–Kier alpha value is -3.79. The molecule has 0 aromatic rings. The zero-order valence-corrected chi connectivity index (χ0v) is 16.8. The van der Waals surface area contributed by atoms with Gasteiger partial charge in [0.2, 0.25) is 29.5 Å². The molecular weight excluding hydrogens is 436 g/mol. The summed E-state index contributed by atoms with van der Waals surface area (Å²) in [5, 5.41) is 33.4. The summed E-state index contributed by atoms with van der Waals surface area (Å²) < 4.78 is 0. The summed E-state index contributed by atoms with van der Waals surface area (Å²) in [6.07, 6.45) is -2.27. The van der Waals surface area contributed by atoms with Gasteiger partial charge in [0.15, 0.2) is 0 Å². The number of nitrogens with one attached hydrogen (secondary N) is 3. The van der Waals surface area contributed by atoms with E-state index in [2.05, 4.69) is 0 Å². The summed E-state index contributed by atoms with van der Waals surface area (Å²) in [7, 11) is 0. The lowest BCUT2D eigenvalue weighted by Crippen LogP contribution is -2.58. The van der Waals surface area contributed by atoms with E-state index in [4.69, 9.17) is 27.4 Å². The number of rotatable bonds is 15. The van der Waals surface area contributed by atoms with Crippen LogP contribution in [0.1, 0.15) is 25.7 Å². The summed E-state index contributed by atoms with van der Waals surface area (Å²) in [5.41, 5.74) is 15.3. The molecule has 0 saturated carbocycles. The molecule has 5 amide bonds. The molecule has 0 aliphatic rings. The summed E-state index contributed by atoms with van der Waals surface area (Å²) in [6, 6.07) is -6.53. The molecule has 0 radical (unpaired) electrons. The second-order valence-corrected chi connectivity index (χ2v) is 6.58. The first-order chi connectivity index (χ1) is 14.8. The minimum Gasteiger partial charge on any atom is -0.481 e. The lowest BCUT2D eigenvalue weighted by atomic mass is 10.1. The molecule has 0 aromatic heterocycles. The van der Waals surface area contributed by atoms with Crippen LogP contribution >= 0.6 is 0 Å². The van der Waals surface area contributed by atoms with E-state index in [1.807, 2.05) is 16.0 Å². The molecule has 12 N–H and O–H groups in total. The Morgan fingerprint density at radius 3 is 1.66 bits per heavy atom. The highest BCUT2D eigenvalue weighted by Gasteiger charge is 2.31. The number of hydrogen-bond donors (Lipinski definition) is 9.